The summed E-state index contributed by atoms with van der Waals surface area (Å²) in [4.78, 5) is 0.162. The lowest BCUT2D eigenvalue weighted by Gasteiger charge is -2.21. The predicted octanol–water partition coefficient (Wildman–Crippen LogP) is 2.88. The molecule has 6 heteroatoms. The van der Waals surface area contributed by atoms with Crippen molar-refractivity contribution in [1.82, 2.24) is 4.72 Å². The molecule has 1 N–H and O–H groups in total. The Morgan fingerprint density at radius 3 is 2.53 bits per heavy atom. The third-order valence-corrected chi connectivity index (χ3v) is 4.57. The summed E-state index contributed by atoms with van der Waals surface area (Å²) in [6, 6.07) is 6.15. The van der Waals surface area contributed by atoms with Crippen LogP contribution in [0.2, 0.25) is 5.02 Å². The van der Waals surface area contributed by atoms with Crippen LogP contribution in [-0.4, -0.2) is 20.8 Å². The Kier molecular flexibility index (Phi) is 4.84. The average Bonchev–Trinajstić information content (AvgIpc) is 2.27. The monoisotopic (exact) mass is 295 g/mol. The van der Waals surface area contributed by atoms with E-state index in [1.165, 1.54) is 12.1 Å². The molecular formula is C11H15Cl2NO2S. The van der Waals surface area contributed by atoms with Crippen LogP contribution in [0, 0.1) is 5.41 Å². The van der Waals surface area contributed by atoms with Crippen molar-refractivity contribution < 1.29 is 8.42 Å². The first-order valence-electron chi connectivity index (χ1n) is 5.08. The van der Waals surface area contributed by atoms with E-state index in [1.54, 1.807) is 12.1 Å². The van der Waals surface area contributed by atoms with E-state index in [0.717, 1.165) is 0 Å². The van der Waals surface area contributed by atoms with Crippen LogP contribution < -0.4 is 4.72 Å². The lowest BCUT2D eigenvalue weighted by atomic mass is 9.97. The predicted molar refractivity (Wildman–Crippen MR) is 71.1 cm³/mol. The molecule has 17 heavy (non-hydrogen) atoms. The summed E-state index contributed by atoms with van der Waals surface area (Å²) in [7, 11) is -3.52. The van der Waals surface area contributed by atoms with Gasteiger partial charge in [0, 0.05) is 17.4 Å². The van der Waals surface area contributed by atoms with Crippen molar-refractivity contribution in [3.05, 3.63) is 29.3 Å². The van der Waals surface area contributed by atoms with Crippen molar-refractivity contribution in [2.45, 2.75) is 18.7 Å². The molecule has 1 aromatic carbocycles. The Morgan fingerprint density at radius 2 is 2.00 bits per heavy atom. The molecule has 0 atom stereocenters. The molecule has 0 saturated carbocycles. The van der Waals surface area contributed by atoms with Gasteiger partial charge in [0.2, 0.25) is 10.0 Å². The van der Waals surface area contributed by atoms with E-state index in [-0.39, 0.29) is 16.9 Å². The maximum Gasteiger partial charge on any atom is 0.240 e. The van der Waals surface area contributed by atoms with Crippen LogP contribution in [0.1, 0.15) is 13.8 Å². The molecule has 0 aliphatic heterocycles. The van der Waals surface area contributed by atoms with Crippen LogP contribution in [-0.2, 0) is 10.0 Å². The summed E-state index contributed by atoms with van der Waals surface area (Å²) in [5.41, 5.74) is -0.285. The number of nitrogens with one attached hydrogen (secondary N) is 1. The molecule has 0 aliphatic rings. The molecular weight excluding hydrogens is 281 g/mol. The maximum atomic E-state index is 11.9. The van der Waals surface area contributed by atoms with Gasteiger partial charge in [-0.3, -0.25) is 0 Å². The number of benzene rings is 1. The highest BCUT2D eigenvalue weighted by molar-refractivity contribution is 7.89. The molecule has 0 spiro atoms. The van der Waals surface area contributed by atoms with Crippen molar-refractivity contribution in [3.63, 3.8) is 0 Å². The fraction of sp³-hybridized carbons (Fsp3) is 0.455. The Morgan fingerprint density at radius 1 is 1.35 bits per heavy atom. The molecule has 1 rings (SSSR count). The minimum atomic E-state index is -3.52. The molecule has 0 aliphatic carbocycles. The second-order valence-corrected chi connectivity index (χ2v) is 7.05. The Hall–Kier alpha value is -0.290. The first kappa shape index (κ1) is 14.8. The minimum Gasteiger partial charge on any atom is -0.211 e. The van der Waals surface area contributed by atoms with Gasteiger partial charge in [-0.15, -0.1) is 11.6 Å². The van der Waals surface area contributed by atoms with Crippen molar-refractivity contribution in [2.24, 2.45) is 5.41 Å². The molecule has 0 saturated heterocycles. The zero-order valence-electron chi connectivity index (χ0n) is 9.70. The van der Waals surface area contributed by atoms with Gasteiger partial charge in [0.25, 0.3) is 0 Å². The van der Waals surface area contributed by atoms with Crippen LogP contribution in [0.3, 0.4) is 0 Å². The van der Waals surface area contributed by atoms with Crippen LogP contribution in [0.4, 0.5) is 0 Å². The molecule has 0 radical (unpaired) electrons. The first-order valence-corrected chi connectivity index (χ1v) is 7.48. The third-order valence-electron chi connectivity index (χ3n) is 2.21. The number of hydrogen-bond donors (Lipinski definition) is 1. The van der Waals surface area contributed by atoms with Gasteiger partial charge >= 0.3 is 0 Å². The summed E-state index contributed by atoms with van der Waals surface area (Å²) in [6.07, 6.45) is 0. The molecule has 0 amide bonds. The van der Waals surface area contributed by atoms with Crippen LogP contribution in [0.15, 0.2) is 29.2 Å². The Bertz CT molecular complexity index is 486. The van der Waals surface area contributed by atoms with E-state index in [9.17, 15) is 8.42 Å². The van der Waals surface area contributed by atoms with Gasteiger partial charge in [0.15, 0.2) is 0 Å². The van der Waals surface area contributed by atoms with Crippen molar-refractivity contribution in [2.75, 3.05) is 12.4 Å². The van der Waals surface area contributed by atoms with E-state index in [0.29, 0.717) is 10.9 Å². The second kappa shape index (κ2) is 5.57. The maximum absolute atomic E-state index is 11.9. The highest BCUT2D eigenvalue weighted by atomic mass is 35.5. The van der Waals surface area contributed by atoms with E-state index >= 15 is 0 Å². The lowest BCUT2D eigenvalue weighted by Crippen LogP contribution is -2.35. The van der Waals surface area contributed by atoms with E-state index < -0.39 is 10.0 Å². The molecule has 0 aromatic heterocycles. The third kappa shape index (κ3) is 4.47. The van der Waals surface area contributed by atoms with Gasteiger partial charge in [0.1, 0.15) is 0 Å². The molecule has 96 valence electrons. The van der Waals surface area contributed by atoms with Crippen molar-refractivity contribution in [1.29, 1.82) is 0 Å². The normalized spacial score (nSPS) is 12.7. The minimum absolute atomic E-state index is 0.162. The fourth-order valence-electron chi connectivity index (χ4n) is 1.06. The van der Waals surface area contributed by atoms with E-state index in [1.807, 2.05) is 13.8 Å². The van der Waals surface area contributed by atoms with Gasteiger partial charge in [-0.1, -0.05) is 31.5 Å². The molecule has 1 aromatic rings. The van der Waals surface area contributed by atoms with Crippen LogP contribution in [0.25, 0.3) is 0 Å². The van der Waals surface area contributed by atoms with Crippen molar-refractivity contribution in [3.8, 4) is 0 Å². The van der Waals surface area contributed by atoms with Crippen LogP contribution >= 0.6 is 23.2 Å². The van der Waals surface area contributed by atoms with E-state index in [4.69, 9.17) is 23.2 Å². The number of alkyl halides is 1. The zero-order valence-corrected chi connectivity index (χ0v) is 12.0. The number of rotatable bonds is 5. The second-order valence-electron chi connectivity index (χ2n) is 4.58. The quantitative estimate of drug-likeness (QED) is 0.849. The van der Waals surface area contributed by atoms with Gasteiger partial charge in [-0.25, -0.2) is 13.1 Å². The molecule has 0 bridgehead atoms. The summed E-state index contributed by atoms with van der Waals surface area (Å²) >= 11 is 11.5. The number of sulfonamides is 1. The number of hydrogen-bond acceptors (Lipinski definition) is 2. The zero-order chi connectivity index (χ0) is 13.1. The standard InChI is InChI=1S/C11H15Cl2NO2S/c1-11(2,7-12)8-14-17(15,16)10-5-3-4-9(13)6-10/h3-6,14H,7-8H2,1-2H3. The highest BCUT2D eigenvalue weighted by Crippen LogP contribution is 2.18. The summed E-state index contributed by atoms with van der Waals surface area (Å²) in [5, 5.41) is 0.393. The Labute approximate surface area is 112 Å². The smallest absolute Gasteiger partial charge is 0.211 e. The van der Waals surface area contributed by atoms with E-state index in [2.05, 4.69) is 4.72 Å². The molecule has 0 fully saturated rings. The summed E-state index contributed by atoms with van der Waals surface area (Å²) < 4.78 is 26.4. The van der Waals surface area contributed by atoms with Crippen molar-refractivity contribution >= 4 is 33.2 Å². The molecule has 0 heterocycles. The van der Waals surface area contributed by atoms with Gasteiger partial charge in [-0.2, -0.15) is 0 Å². The van der Waals surface area contributed by atoms with Gasteiger partial charge in [-0.05, 0) is 23.6 Å². The van der Waals surface area contributed by atoms with Crippen LogP contribution in [0.5, 0.6) is 0 Å². The summed E-state index contributed by atoms with van der Waals surface area (Å²) in [6.45, 7) is 4.06. The topological polar surface area (TPSA) is 46.2 Å². The molecule has 3 nitrogen and oxygen atoms in total. The fourth-order valence-corrected chi connectivity index (χ4v) is 2.69. The largest absolute Gasteiger partial charge is 0.240 e. The Balaban J connectivity index is 2.83. The SMILES string of the molecule is CC(C)(CCl)CNS(=O)(=O)c1cccc(Cl)c1. The lowest BCUT2D eigenvalue weighted by molar-refractivity contribution is 0.414. The summed E-state index contributed by atoms with van der Waals surface area (Å²) in [5.74, 6) is 0.380. The first-order chi connectivity index (χ1) is 7.77. The average molecular weight is 296 g/mol. The van der Waals surface area contributed by atoms with Gasteiger partial charge < -0.3 is 0 Å². The number of halogens is 2. The molecule has 0 unspecified atom stereocenters. The van der Waals surface area contributed by atoms with Gasteiger partial charge in [0.05, 0.1) is 4.90 Å². The highest BCUT2D eigenvalue weighted by Gasteiger charge is 2.21.